The number of aromatic nitrogens is 2. The highest BCUT2D eigenvalue weighted by Crippen LogP contribution is 2.33. The van der Waals surface area contributed by atoms with E-state index in [0.29, 0.717) is 40.6 Å². The van der Waals surface area contributed by atoms with Gasteiger partial charge in [0.15, 0.2) is 0 Å². The third-order valence-electron chi connectivity index (χ3n) is 5.52. The normalized spacial score (nSPS) is 10.8. The second-order valence-corrected chi connectivity index (χ2v) is 10.7. The van der Waals surface area contributed by atoms with Gasteiger partial charge in [0.25, 0.3) is 0 Å². The number of benzene rings is 2. The minimum Gasteiger partial charge on any atom is -0.478 e. The van der Waals surface area contributed by atoms with Crippen LogP contribution in [-0.4, -0.2) is 47.3 Å². The Hall–Kier alpha value is -3.24. The number of alkyl halides is 6. The summed E-state index contributed by atoms with van der Waals surface area (Å²) in [4.78, 5) is 18.2. The molecule has 0 aliphatic rings. The van der Waals surface area contributed by atoms with Crippen molar-refractivity contribution in [2.24, 2.45) is 5.73 Å². The lowest BCUT2D eigenvalue weighted by atomic mass is 10.1. The van der Waals surface area contributed by atoms with Gasteiger partial charge in [-0.1, -0.05) is 76.7 Å². The molecule has 0 atom stereocenters. The van der Waals surface area contributed by atoms with Crippen LogP contribution in [0.4, 0.5) is 26.3 Å². The minimum absolute atomic E-state index is 0. The van der Waals surface area contributed by atoms with Crippen molar-refractivity contribution in [3.8, 4) is 11.8 Å². The van der Waals surface area contributed by atoms with Crippen molar-refractivity contribution in [2.45, 2.75) is 18.9 Å². The summed E-state index contributed by atoms with van der Waals surface area (Å²) < 4.78 is 85.4. The Morgan fingerprint density at radius 3 is 1.69 bits per heavy atom. The molecule has 4 N–H and O–H groups in total. The molecule has 0 bridgehead atoms. The van der Waals surface area contributed by atoms with E-state index in [0.717, 1.165) is 24.3 Å². The summed E-state index contributed by atoms with van der Waals surface area (Å²) in [5.74, 6) is -0.979. The molecule has 0 unspecified atom stereocenters. The van der Waals surface area contributed by atoms with Crippen molar-refractivity contribution < 1.29 is 45.7 Å². The van der Waals surface area contributed by atoms with Gasteiger partial charge in [0.1, 0.15) is 23.3 Å². The monoisotopic (exact) mass is 796 g/mol. The summed E-state index contributed by atoms with van der Waals surface area (Å²) in [7, 11) is 0. The van der Waals surface area contributed by atoms with Crippen molar-refractivity contribution in [2.75, 3.05) is 26.3 Å². The highest BCUT2D eigenvalue weighted by atomic mass is 35.5. The zero-order chi connectivity index (χ0) is 35.9. The van der Waals surface area contributed by atoms with Crippen LogP contribution in [0, 0.1) is 0 Å². The first-order valence-corrected chi connectivity index (χ1v) is 14.9. The predicted octanol–water partition coefficient (Wildman–Crippen LogP) is 9.13. The molecule has 0 spiro atoms. The summed E-state index contributed by atoms with van der Waals surface area (Å²) in [5, 5.41) is 12.9. The lowest BCUT2D eigenvalue weighted by Crippen LogP contribution is -2.22. The SMILES string of the molecule is Cl.FC(F)(F)c1ccccc1CNCCOc1ncc(Cl)cc1Cl.NCCOc1ncc(Cl)cc1Cl.O=C(O)c1ccccc1C(F)(F)F. The molecule has 0 aliphatic carbocycles. The molecular weight excluding hydrogens is 772 g/mol. The van der Waals surface area contributed by atoms with E-state index in [-0.39, 0.29) is 42.0 Å². The van der Waals surface area contributed by atoms with E-state index in [2.05, 4.69) is 15.3 Å². The van der Waals surface area contributed by atoms with Gasteiger partial charge >= 0.3 is 18.3 Å². The molecule has 4 rings (SSSR count). The van der Waals surface area contributed by atoms with E-state index in [4.69, 9.17) is 66.7 Å². The highest BCUT2D eigenvalue weighted by molar-refractivity contribution is 6.35. The number of carboxylic acids is 1. The Balaban J connectivity index is 0.000000394. The number of nitrogens with one attached hydrogen (secondary N) is 1. The van der Waals surface area contributed by atoms with Gasteiger partial charge < -0.3 is 25.6 Å². The first kappa shape index (κ1) is 43.8. The van der Waals surface area contributed by atoms with E-state index in [9.17, 15) is 31.1 Å². The molecular formula is C30H27Cl5F6N4O4. The maximum atomic E-state index is 12.8. The molecule has 8 nitrogen and oxygen atoms in total. The third kappa shape index (κ3) is 15.5. The Labute approximate surface area is 302 Å². The number of carboxylic acid groups (broad SMARTS) is 1. The van der Waals surface area contributed by atoms with Crippen LogP contribution in [0.5, 0.6) is 11.8 Å². The quantitative estimate of drug-likeness (QED) is 0.107. The number of rotatable bonds is 10. The molecule has 4 aromatic rings. The smallest absolute Gasteiger partial charge is 0.417 e. The fraction of sp³-hybridized carbons (Fsp3) is 0.233. The van der Waals surface area contributed by atoms with Crippen molar-refractivity contribution in [3.05, 3.63) is 115 Å². The van der Waals surface area contributed by atoms with Crippen LogP contribution in [0.1, 0.15) is 27.0 Å². The number of nitrogens with two attached hydrogens (primary N) is 1. The number of hydrogen-bond acceptors (Lipinski definition) is 7. The van der Waals surface area contributed by atoms with E-state index in [1.54, 1.807) is 12.1 Å². The highest BCUT2D eigenvalue weighted by Gasteiger charge is 2.35. The van der Waals surface area contributed by atoms with Gasteiger partial charge in [-0.3, -0.25) is 0 Å². The average Bonchev–Trinajstić information content (AvgIpc) is 3.01. The molecule has 268 valence electrons. The summed E-state index contributed by atoms with van der Waals surface area (Å²) in [6.45, 7) is 1.46. The van der Waals surface area contributed by atoms with Crippen molar-refractivity contribution in [3.63, 3.8) is 0 Å². The first-order chi connectivity index (χ1) is 22.5. The van der Waals surface area contributed by atoms with E-state index in [1.807, 2.05) is 0 Å². The van der Waals surface area contributed by atoms with Crippen LogP contribution in [0.15, 0.2) is 73.1 Å². The van der Waals surface area contributed by atoms with Crippen molar-refractivity contribution >= 4 is 64.8 Å². The topological polar surface area (TPSA) is 120 Å². The van der Waals surface area contributed by atoms with Crippen LogP contribution in [0.3, 0.4) is 0 Å². The fourth-order valence-corrected chi connectivity index (χ4v) is 4.35. The molecule has 2 aromatic carbocycles. The molecule has 19 heteroatoms. The molecule has 2 heterocycles. The van der Waals surface area contributed by atoms with Gasteiger partial charge in [0.2, 0.25) is 11.8 Å². The number of pyridine rings is 2. The van der Waals surface area contributed by atoms with Gasteiger partial charge in [0, 0.05) is 32.0 Å². The standard InChI is InChI=1S/C15H13Cl2F3N2O.C8H5F3O2.C7H8Cl2N2O.ClH/c16-11-7-13(17)14(22-9-11)23-6-5-21-8-10-3-1-2-4-12(10)15(18,19)20;9-8(10,11)6-4-2-1-3-5(6)7(12)13;8-5-3-6(9)7(11-4-5)12-2-1-10;/h1-4,7,9,21H,5-6,8H2;1-4H,(H,12,13);3-4H,1-2,10H2;1H. The largest absolute Gasteiger partial charge is 0.478 e. The lowest BCUT2D eigenvalue weighted by Gasteiger charge is -2.13. The van der Waals surface area contributed by atoms with Crippen LogP contribution < -0.4 is 20.5 Å². The molecule has 0 fully saturated rings. The molecule has 0 radical (unpaired) electrons. The van der Waals surface area contributed by atoms with Crippen molar-refractivity contribution in [1.29, 1.82) is 0 Å². The summed E-state index contributed by atoms with van der Waals surface area (Å²) in [5.41, 5.74) is 2.93. The van der Waals surface area contributed by atoms with Crippen molar-refractivity contribution in [1.82, 2.24) is 15.3 Å². The fourth-order valence-electron chi connectivity index (χ4n) is 3.48. The molecule has 0 amide bonds. The van der Waals surface area contributed by atoms with Crippen LogP contribution in [0.25, 0.3) is 0 Å². The zero-order valence-corrected chi connectivity index (χ0v) is 28.6. The third-order valence-corrected chi connectivity index (χ3v) is 6.48. The van der Waals surface area contributed by atoms with Gasteiger partial charge in [-0.25, -0.2) is 14.8 Å². The minimum atomic E-state index is -4.62. The molecule has 0 aliphatic heterocycles. The molecule has 2 aromatic heterocycles. The Morgan fingerprint density at radius 2 is 1.24 bits per heavy atom. The predicted molar refractivity (Wildman–Crippen MR) is 177 cm³/mol. The Morgan fingerprint density at radius 1 is 0.776 bits per heavy atom. The summed E-state index contributed by atoms with van der Waals surface area (Å²) in [6.07, 6.45) is -6.11. The summed E-state index contributed by atoms with van der Waals surface area (Å²) in [6, 6.07) is 12.6. The number of carbonyl (C=O) groups is 1. The van der Waals surface area contributed by atoms with Gasteiger partial charge in [-0.15, -0.1) is 12.4 Å². The first-order valence-electron chi connectivity index (χ1n) is 13.4. The van der Waals surface area contributed by atoms with Crippen LogP contribution in [-0.2, 0) is 18.9 Å². The maximum absolute atomic E-state index is 12.8. The van der Waals surface area contributed by atoms with Gasteiger partial charge in [-0.2, -0.15) is 26.3 Å². The zero-order valence-electron chi connectivity index (χ0n) is 24.8. The number of hydrogen-bond donors (Lipinski definition) is 3. The van der Waals surface area contributed by atoms with E-state index < -0.39 is 35.0 Å². The molecule has 49 heavy (non-hydrogen) atoms. The average molecular weight is 799 g/mol. The second-order valence-electron chi connectivity index (χ2n) is 9.05. The Kier molecular flexibility index (Phi) is 18.8. The van der Waals surface area contributed by atoms with E-state index in [1.165, 1.54) is 36.7 Å². The van der Waals surface area contributed by atoms with E-state index >= 15 is 0 Å². The second kappa shape index (κ2) is 21.1. The number of aromatic carboxylic acids is 1. The van der Waals surface area contributed by atoms with Gasteiger partial charge in [-0.05, 0) is 35.9 Å². The van der Waals surface area contributed by atoms with Crippen LogP contribution >= 0.6 is 58.8 Å². The molecule has 0 saturated heterocycles. The summed E-state index contributed by atoms with van der Waals surface area (Å²) >= 11 is 23.0. The van der Waals surface area contributed by atoms with Crippen LogP contribution in [0.2, 0.25) is 20.1 Å². The number of ether oxygens (including phenoxy) is 2. The number of halogens is 11. The Bertz CT molecular complexity index is 1630. The molecule has 0 saturated carbocycles. The maximum Gasteiger partial charge on any atom is 0.417 e. The number of nitrogens with zero attached hydrogens (tertiary/aromatic N) is 2. The lowest BCUT2D eigenvalue weighted by molar-refractivity contribution is -0.139. The van der Waals surface area contributed by atoms with Gasteiger partial charge in [0.05, 0.1) is 26.7 Å².